The van der Waals surface area contributed by atoms with Crippen molar-refractivity contribution in [1.82, 2.24) is 4.98 Å². The molecule has 94 valence electrons. The Morgan fingerprint density at radius 2 is 2.22 bits per heavy atom. The highest BCUT2D eigenvalue weighted by Gasteiger charge is 2.41. The first-order valence-corrected chi connectivity index (χ1v) is 7.02. The fraction of sp³-hybridized carbons (Fsp3) is 0.429. The minimum Gasteiger partial charge on any atom is -0.314 e. The fourth-order valence-electron chi connectivity index (χ4n) is 3.01. The maximum absolute atomic E-state index is 12.5. The lowest BCUT2D eigenvalue weighted by molar-refractivity contribution is -0.122. The molecule has 0 aromatic carbocycles. The molecule has 3 rings (SSSR count). The molecule has 1 saturated carbocycles. The highest BCUT2D eigenvalue weighted by atomic mass is 79.9. The van der Waals surface area contributed by atoms with Crippen molar-refractivity contribution in [2.24, 2.45) is 17.8 Å². The van der Waals surface area contributed by atoms with E-state index in [0.29, 0.717) is 11.8 Å². The summed E-state index contributed by atoms with van der Waals surface area (Å²) in [5.41, 5.74) is 0.856. The van der Waals surface area contributed by atoms with Gasteiger partial charge in [0.2, 0.25) is 5.91 Å². The van der Waals surface area contributed by atoms with Crippen LogP contribution in [0.2, 0.25) is 0 Å². The lowest BCUT2D eigenvalue weighted by atomic mass is 9.92. The average molecular weight is 307 g/mol. The molecule has 2 aliphatic carbocycles. The average Bonchev–Trinajstić information content (AvgIpc) is 3.00. The summed E-state index contributed by atoms with van der Waals surface area (Å²) in [5.74, 6) is 1.46. The number of carbonyl (C=O) groups excluding carboxylic acids is 1. The van der Waals surface area contributed by atoms with Crippen molar-refractivity contribution in [2.45, 2.75) is 12.8 Å². The highest BCUT2D eigenvalue weighted by Crippen LogP contribution is 2.44. The summed E-state index contributed by atoms with van der Waals surface area (Å²) in [6.07, 6.45) is 8.36. The van der Waals surface area contributed by atoms with Gasteiger partial charge in [-0.2, -0.15) is 0 Å². The van der Waals surface area contributed by atoms with Crippen molar-refractivity contribution in [3.8, 4) is 0 Å². The second kappa shape index (κ2) is 4.50. The maximum Gasteiger partial charge on any atom is 0.230 e. The number of carbonyl (C=O) groups is 1. The lowest BCUT2D eigenvalue weighted by Crippen LogP contribution is -2.34. The van der Waals surface area contributed by atoms with Gasteiger partial charge in [0.15, 0.2) is 0 Å². The zero-order valence-corrected chi connectivity index (χ0v) is 11.8. The van der Waals surface area contributed by atoms with Crippen LogP contribution in [-0.4, -0.2) is 17.9 Å². The number of hydrogen-bond donors (Lipinski definition) is 0. The maximum atomic E-state index is 12.5. The van der Waals surface area contributed by atoms with Crippen LogP contribution < -0.4 is 4.90 Å². The number of hydrogen-bond acceptors (Lipinski definition) is 2. The third-order valence-corrected chi connectivity index (χ3v) is 4.49. The Kier molecular flexibility index (Phi) is 2.98. The van der Waals surface area contributed by atoms with E-state index in [2.05, 4.69) is 33.1 Å². The first kappa shape index (κ1) is 11.9. The van der Waals surface area contributed by atoms with Crippen molar-refractivity contribution in [1.29, 1.82) is 0 Å². The summed E-state index contributed by atoms with van der Waals surface area (Å²) in [5, 5.41) is 0. The number of aromatic nitrogens is 1. The number of rotatable bonds is 2. The third-order valence-electron chi connectivity index (χ3n) is 4.03. The number of amides is 1. The SMILES string of the molecule is CN(C(=O)[C@H]1C[C@H]2C=C[C@H]1C2)c1ccc(Br)nc1. The van der Waals surface area contributed by atoms with Crippen molar-refractivity contribution in [3.05, 3.63) is 35.1 Å². The standard InChI is InChI=1S/C14H15BrN2O/c1-17(11-4-5-13(15)16-8-11)14(18)12-7-9-2-3-10(12)6-9/h2-5,8-10,12H,6-7H2,1H3/t9-,10-,12-/m0/s1. The topological polar surface area (TPSA) is 33.2 Å². The van der Waals surface area contributed by atoms with Crippen LogP contribution in [0.3, 0.4) is 0 Å². The quantitative estimate of drug-likeness (QED) is 0.621. The molecule has 4 heteroatoms. The van der Waals surface area contributed by atoms with E-state index >= 15 is 0 Å². The normalized spacial score (nSPS) is 28.7. The molecule has 2 bridgehead atoms. The predicted octanol–water partition coefficient (Wildman–Crippen LogP) is 3.02. The van der Waals surface area contributed by atoms with Gasteiger partial charge < -0.3 is 4.90 Å². The summed E-state index contributed by atoms with van der Waals surface area (Å²) in [6.45, 7) is 0. The number of pyridine rings is 1. The Bertz CT molecular complexity index is 497. The largest absolute Gasteiger partial charge is 0.314 e. The Hall–Kier alpha value is -1.16. The molecule has 18 heavy (non-hydrogen) atoms. The highest BCUT2D eigenvalue weighted by molar-refractivity contribution is 9.10. The molecule has 0 unspecified atom stereocenters. The molecule has 0 radical (unpaired) electrons. The van der Waals surface area contributed by atoms with Gasteiger partial charge in [-0.25, -0.2) is 4.98 Å². The van der Waals surface area contributed by atoms with Gasteiger partial charge in [-0.05, 0) is 52.7 Å². The summed E-state index contributed by atoms with van der Waals surface area (Å²) in [6, 6.07) is 3.78. The number of fused-ring (bicyclic) bond motifs is 2. The Labute approximate surface area is 115 Å². The van der Waals surface area contributed by atoms with E-state index in [9.17, 15) is 4.79 Å². The third kappa shape index (κ3) is 1.99. The number of allylic oxidation sites excluding steroid dienone is 2. The van der Waals surface area contributed by atoms with Crippen molar-refractivity contribution in [3.63, 3.8) is 0 Å². The van der Waals surface area contributed by atoms with Crippen molar-refractivity contribution < 1.29 is 4.79 Å². The van der Waals surface area contributed by atoms with Crippen LogP contribution in [0.25, 0.3) is 0 Å². The first-order chi connectivity index (χ1) is 8.65. The van der Waals surface area contributed by atoms with E-state index in [0.717, 1.165) is 23.1 Å². The molecule has 0 spiro atoms. The summed E-state index contributed by atoms with van der Waals surface area (Å²) >= 11 is 3.30. The molecule has 1 aromatic rings. The minimum atomic E-state index is 0.161. The molecule has 0 aliphatic heterocycles. The van der Waals surface area contributed by atoms with Gasteiger partial charge in [-0.15, -0.1) is 0 Å². The van der Waals surface area contributed by atoms with Crippen LogP contribution >= 0.6 is 15.9 Å². The van der Waals surface area contributed by atoms with Crippen LogP contribution in [0.15, 0.2) is 35.1 Å². The molecule has 1 fully saturated rings. The molecule has 0 N–H and O–H groups in total. The summed E-state index contributed by atoms with van der Waals surface area (Å²) < 4.78 is 0.787. The molecule has 0 saturated heterocycles. The van der Waals surface area contributed by atoms with E-state index in [1.54, 1.807) is 11.1 Å². The smallest absolute Gasteiger partial charge is 0.230 e. The van der Waals surface area contributed by atoms with Gasteiger partial charge in [-0.3, -0.25) is 4.79 Å². The monoisotopic (exact) mass is 306 g/mol. The van der Waals surface area contributed by atoms with Gasteiger partial charge in [0, 0.05) is 13.0 Å². The predicted molar refractivity (Wildman–Crippen MR) is 74.2 cm³/mol. The van der Waals surface area contributed by atoms with Crippen LogP contribution in [-0.2, 0) is 4.79 Å². The van der Waals surface area contributed by atoms with E-state index in [4.69, 9.17) is 0 Å². The van der Waals surface area contributed by atoms with Gasteiger partial charge in [0.25, 0.3) is 0 Å². The molecular formula is C14H15BrN2O. The fourth-order valence-corrected chi connectivity index (χ4v) is 3.24. The van der Waals surface area contributed by atoms with E-state index in [-0.39, 0.29) is 11.8 Å². The molecule has 3 atom stereocenters. The van der Waals surface area contributed by atoms with E-state index in [1.165, 1.54) is 0 Å². The summed E-state index contributed by atoms with van der Waals surface area (Å²) in [7, 11) is 1.84. The van der Waals surface area contributed by atoms with Gasteiger partial charge >= 0.3 is 0 Å². The molecule has 2 aliphatic rings. The Morgan fingerprint density at radius 3 is 2.78 bits per heavy atom. The number of halogens is 1. The molecule has 1 heterocycles. The molecule has 1 amide bonds. The number of anilines is 1. The van der Waals surface area contributed by atoms with Crippen LogP contribution in [0, 0.1) is 17.8 Å². The van der Waals surface area contributed by atoms with Crippen LogP contribution in [0.5, 0.6) is 0 Å². The van der Waals surface area contributed by atoms with Crippen molar-refractivity contribution in [2.75, 3.05) is 11.9 Å². The first-order valence-electron chi connectivity index (χ1n) is 6.22. The second-order valence-corrected chi connectivity index (χ2v) is 5.94. The Morgan fingerprint density at radius 1 is 1.39 bits per heavy atom. The Balaban J connectivity index is 1.76. The molecular weight excluding hydrogens is 292 g/mol. The van der Waals surface area contributed by atoms with Gasteiger partial charge in [-0.1, -0.05) is 12.2 Å². The van der Waals surface area contributed by atoms with Crippen LogP contribution in [0.4, 0.5) is 5.69 Å². The second-order valence-electron chi connectivity index (χ2n) is 5.12. The van der Waals surface area contributed by atoms with Crippen LogP contribution in [0.1, 0.15) is 12.8 Å². The molecule has 3 nitrogen and oxygen atoms in total. The van der Waals surface area contributed by atoms with E-state index in [1.807, 2.05) is 19.2 Å². The number of nitrogens with zero attached hydrogens (tertiary/aromatic N) is 2. The minimum absolute atomic E-state index is 0.161. The zero-order chi connectivity index (χ0) is 12.7. The lowest BCUT2D eigenvalue weighted by Gasteiger charge is -2.24. The van der Waals surface area contributed by atoms with Crippen molar-refractivity contribution >= 4 is 27.5 Å². The van der Waals surface area contributed by atoms with E-state index < -0.39 is 0 Å². The summed E-state index contributed by atoms with van der Waals surface area (Å²) in [4.78, 5) is 18.4. The van der Waals surface area contributed by atoms with Gasteiger partial charge in [0.1, 0.15) is 4.60 Å². The van der Waals surface area contributed by atoms with Gasteiger partial charge in [0.05, 0.1) is 11.9 Å². The zero-order valence-electron chi connectivity index (χ0n) is 10.2. The molecule has 1 aromatic heterocycles.